The lowest BCUT2D eigenvalue weighted by Crippen LogP contribution is -2.38. The quantitative estimate of drug-likeness (QED) is 0.437. The van der Waals surface area contributed by atoms with E-state index in [2.05, 4.69) is 39.1 Å². The number of fused-ring (bicyclic) bond motifs is 5. The third-order valence-corrected chi connectivity index (χ3v) is 7.87. The molecule has 1 saturated carbocycles. The van der Waals surface area contributed by atoms with Crippen LogP contribution in [-0.4, -0.2) is 51.7 Å². The van der Waals surface area contributed by atoms with E-state index in [0.29, 0.717) is 0 Å². The van der Waals surface area contributed by atoms with Gasteiger partial charge >= 0.3 is 0 Å². The number of halogens is 2. The first-order chi connectivity index (χ1) is 17.3. The van der Waals surface area contributed by atoms with Gasteiger partial charge in [-0.1, -0.05) is 19.9 Å². The minimum Gasteiger partial charge on any atom is -0.393 e. The summed E-state index contributed by atoms with van der Waals surface area (Å²) >= 11 is 0. The van der Waals surface area contributed by atoms with Crippen LogP contribution in [-0.2, 0) is 5.41 Å². The number of benzene rings is 1. The number of rotatable bonds is 5. The number of hydrogen-bond donors (Lipinski definition) is 2. The van der Waals surface area contributed by atoms with E-state index in [-0.39, 0.29) is 34.4 Å². The first kappa shape index (κ1) is 22.7. The molecule has 3 atom stereocenters. The van der Waals surface area contributed by atoms with Gasteiger partial charge in [0.1, 0.15) is 24.1 Å². The molecule has 36 heavy (non-hydrogen) atoms. The molecular weight excluding hydrogens is 468 g/mol. The Bertz CT molecular complexity index is 1470. The molecule has 1 fully saturated rings. The maximum atomic E-state index is 14.5. The van der Waals surface area contributed by atoms with E-state index in [4.69, 9.17) is 4.98 Å². The third kappa shape index (κ3) is 2.99. The number of aromatic nitrogens is 7. The predicted molar refractivity (Wildman–Crippen MR) is 123 cm³/mol. The third-order valence-electron chi connectivity index (χ3n) is 7.87. The van der Waals surface area contributed by atoms with Crippen molar-refractivity contribution in [2.45, 2.75) is 44.1 Å². The topological polar surface area (TPSA) is 123 Å². The lowest BCUT2D eigenvalue weighted by atomic mass is 9.66. The van der Waals surface area contributed by atoms with Crippen molar-refractivity contribution in [3.05, 3.63) is 77.3 Å². The Labute approximate surface area is 204 Å². The van der Waals surface area contributed by atoms with E-state index in [0.717, 1.165) is 29.8 Å². The molecule has 1 aromatic carbocycles. The number of aliphatic hydroxyl groups is 2. The lowest BCUT2D eigenvalue weighted by molar-refractivity contribution is 0.0886. The zero-order valence-corrected chi connectivity index (χ0v) is 19.6. The molecule has 2 aliphatic carbocycles. The minimum atomic E-state index is -1.20. The van der Waals surface area contributed by atoms with Crippen LogP contribution in [0.4, 0.5) is 8.78 Å². The molecule has 6 rings (SSSR count). The van der Waals surface area contributed by atoms with Crippen molar-refractivity contribution < 1.29 is 19.0 Å². The Hall–Kier alpha value is -3.70. The molecule has 3 heterocycles. The Morgan fingerprint density at radius 2 is 1.92 bits per heavy atom. The van der Waals surface area contributed by atoms with Gasteiger partial charge in [-0.2, -0.15) is 9.78 Å². The fourth-order valence-corrected chi connectivity index (χ4v) is 6.06. The lowest BCUT2D eigenvalue weighted by Gasteiger charge is -2.37. The highest BCUT2D eigenvalue weighted by atomic mass is 19.1. The summed E-state index contributed by atoms with van der Waals surface area (Å²) < 4.78 is 30.3. The van der Waals surface area contributed by atoms with E-state index in [1.54, 1.807) is 12.3 Å². The summed E-state index contributed by atoms with van der Waals surface area (Å²) in [4.78, 5) is 13.2. The second-order valence-electron chi connectivity index (χ2n) is 9.84. The highest BCUT2D eigenvalue weighted by Gasteiger charge is 2.65. The van der Waals surface area contributed by atoms with Gasteiger partial charge in [-0.25, -0.2) is 23.7 Å². The normalized spacial score (nSPS) is 22.6. The van der Waals surface area contributed by atoms with Crippen molar-refractivity contribution in [2.24, 2.45) is 5.41 Å². The second-order valence-corrected chi connectivity index (χ2v) is 9.84. The zero-order valence-electron chi connectivity index (χ0n) is 19.6. The summed E-state index contributed by atoms with van der Waals surface area (Å²) in [5, 5.41) is 32.0. The average molecular weight is 492 g/mol. The zero-order chi connectivity index (χ0) is 25.2. The Morgan fingerprint density at radius 1 is 1.14 bits per heavy atom. The maximum absolute atomic E-state index is 14.5. The van der Waals surface area contributed by atoms with Crippen molar-refractivity contribution in [1.29, 1.82) is 0 Å². The van der Waals surface area contributed by atoms with Crippen molar-refractivity contribution in [1.82, 2.24) is 34.9 Å². The first-order valence-electron chi connectivity index (χ1n) is 11.6. The van der Waals surface area contributed by atoms with E-state index >= 15 is 0 Å². The van der Waals surface area contributed by atoms with Crippen molar-refractivity contribution in [3.63, 3.8) is 0 Å². The highest BCUT2D eigenvalue weighted by Crippen LogP contribution is 2.69. The van der Waals surface area contributed by atoms with Crippen LogP contribution < -0.4 is 0 Å². The van der Waals surface area contributed by atoms with Crippen molar-refractivity contribution >= 4 is 0 Å². The summed E-state index contributed by atoms with van der Waals surface area (Å²) in [5.41, 5.74) is 1.51. The molecule has 2 aliphatic rings. The van der Waals surface area contributed by atoms with Gasteiger partial charge in [0.15, 0.2) is 5.82 Å². The van der Waals surface area contributed by atoms with Gasteiger partial charge < -0.3 is 10.2 Å². The molecule has 11 heteroatoms. The second kappa shape index (κ2) is 7.90. The van der Waals surface area contributed by atoms with Gasteiger partial charge in [0.2, 0.25) is 0 Å². The first-order valence-corrected chi connectivity index (χ1v) is 11.6. The van der Waals surface area contributed by atoms with E-state index < -0.39 is 29.8 Å². The van der Waals surface area contributed by atoms with E-state index in [1.807, 2.05) is 6.07 Å². The Kier molecular flexibility index (Phi) is 4.99. The van der Waals surface area contributed by atoms with E-state index in [9.17, 15) is 19.0 Å². The summed E-state index contributed by atoms with van der Waals surface area (Å²) in [7, 11) is 0. The molecule has 0 spiro atoms. The van der Waals surface area contributed by atoms with Gasteiger partial charge in [0, 0.05) is 6.20 Å². The maximum Gasteiger partial charge on any atom is 0.252 e. The Balaban J connectivity index is 1.47. The van der Waals surface area contributed by atoms with Gasteiger partial charge in [0.05, 0.1) is 34.7 Å². The van der Waals surface area contributed by atoms with Crippen molar-refractivity contribution in [3.8, 4) is 17.2 Å². The summed E-state index contributed by atoms with van der Waals surface area (Å²) in [6.07, 6.45) is 3.45. The largest absolute Gasteiger partial charge is 0.393 e. The van der Waals surface area contributed by atoms with Crippen LogP contribution in [0.15, 0.2) is 42.9 Å². The van der Waals surface area contributed by atoms with Crippen LogP contribution in [0.2, 0.25) is 0 Å². The van der Waals surface area contributed by atoms with Crippen LogP contribution in [0.5, 0.6) is 0 Å². The number of hydrogen-bond acceptors (Lipinski definition) is 8. The highest BCUT2D eigenvalue weighted by molar-refractivity contribution is 5.64. The van der Waals surface area contributed by atoms with Crippen LogP contribution in [0.1, 0.15) is 61.5 Å². The van der Waals surface area contributed by atoms with Crippen LogP contribution in [0.25, 0.3) is 17.2 Å². The smallest absolute Gasteiger partial charge is 0.252 e. The molecule has 3 aromatic heterocycles. The molecule has 184 valence electrons. The fraction of sp³-hybridized carbons (Fsp3) is 0.360. The summed E-state index contributed by atoms with van der Waals surface area (Å²) in [6, 6.07) is 7.35. The van der Waals surface area contributed by atoms with Crippen LogP contribution >= 0.6 is 0 Å². The van der Waals surface area contributed by atoms with Gasteiger partial charge in [-0.05, 0) is 54.0 Å². The van der Waals surface area contributed by atoms with E-state index in [1.165, 1.54) is 29.2 Å². The molecule has 0 unspecified atom stereocenters. The minimum absolute atomic E-state index is 0.0657. The summed E-state index contributed by atoms with van der Waals surface area (Å²) in [5.74, 6) is -0.930. The molecule has 0 amide bonds. The molecule has 0 radical (unpaired) electrons. The van der Waals surface area contributed by atoms with Crippen molar-refractivity contribution in [2.75, 3.05) is 6.61 Å². The predicted octanol–water partition coefficient (Wildman–Crippen LogP) is 3.02. The van der Waals surface area contributed by atoms with Gasteiger partial charge in [0.25, 0.3) is 5.95 Å². The molecule has 2 N–H and O–H groups in total. The summed E-state index contributed by atoms with van der Waals surface area (Å²) in [6.45, 7) is 3.81. The van der Waals surface area contributed by atoms with Gasteiger partial charge in [-0.3, -0.25) is 0 Å². The fourth-order valence-electron chi connectivity index (χ4n) is 6.06. The molecule has 0 aliphatic heterocycles. The molecule has 0 saturated heterocycles. The average Bonchev–Trinajstić information content (AvgIpc) is 3.52. The molecule has 4 aromatic rings. The van der Waals surface area contributed by atoms with Crippen LogP contribution in [0.3, 0.4) is 0 Å². The Morgan fingerprint density at radius 3 is 2.67 bits per heavy atom. The monoisotopic (exact) mass is 491 g/mol. The number of nitrogens with zero attached hydrogens (tertiary/aromatic N) is 7. The SMILES string of the molecule is CC1(C)[C@H]2CC[C@]1(c1ccnc(-n3cnc([C@H](O)CO)n3)n1)c1nnc(-c3c(F)cccc3F)cc12. The number of aliphatic hydroxyl groups excluding tert-OH is 2. The molecule has 9 nitrogen and oxygen atoms in total. The van der Waals surface area contributed by atoms with Crippen LogP contribution in [0, 0.1) is 17.0 Å². The molecule has 2 bridgehead atoms. The standard InChI is InChI=1S/C25H23F2N7O2/c1-24(2)14-6-8-25(24,19-7-9-28-23(30-19)34-12-29-22(33-34)18(36)11-35)21-13(14)10-17(31-32-21)20-15(26)4-3-5-16(20)27/h3-5,7,9-10,12,14,18,35-36H,6,8,11H2,1-2H3/t14-,18+,25-/m0/s1. The molecular formula is C25H23F2N7O2. The van der Waals surface area contributed by atoms with Gasteiger partial charge in [-0.15, -0.1) is 10.2 Å².